The summed E-state index contributed by atoms with van der Waals surface area (Å²) in [7, 11) is 0. The van der Waals surface area contributed by atoms with Gasteiger partial charge in [0, 0.05) is 17.5 Å². The molecule has 0 amide bonds. The Hall–Kier alpha value is -0.480. The smallest absolute Gasteiger partial charge is 0.292 e. The Labute approximate surface area is 118 Å². The van der Waals surface area contributed by atoms with E-state index in [-0.39, 0.29) is 5.56 Å². The maximum atomic E-state index is 11.2. The van der Waals surface area contributed by atoms with Gasteiger partial charge in [-0.1, -0.05) is 6.92 Å². The maximum Gasteiger partial charge on any atom is 0.339 e. The minimum atomic E-state index is -3.22. The van der Waals surface area contributed by atoms with Gasteiger partial charge in [0.1, 0.15) is 0 Å². The molecular formula is C9H11Cl3N3O2P. The third-order valence-electron chi connectivity index (χ3n) is 2.14. The van der Waals surface area contributed by atoms with Crippen molar-refractivity contribution in [3.63, 3.8) is 0 Å². The molecule has 0 aliphatic carbocycles. The molecule has 2 heterocycles. The second-order valence-corrected chi connectivity index (χ2v) is 10.1. The molecule has 0 fully saturated rings. The normalized spacial score (nSPS) is 11.2. The molecule has 0 atom stereocenters. The quantitative estimate of drug-likeness (QED) is 0.811. The summed E-state index contributed by atoms with van der Waals surface area (Å²) in [5, 5.41) is -3.22. The van der Waals surface area contributed by atoms with E-state index in [0.717, 1.165) is 12.1 Å². The third kappa shape index (κ3) is 4.65. The second kappa shape index (κ2) is 6.11. The SMILES string of the molecule is CCc1cnc2[nH]c(=O)c(C)cn12.O=P(Cl)(Cl)Cl. The molecular weight excluding hydrogens is 319 g/mol. The minimum Gasteiger partial charge on any atom is -0.292 e. The number of nitrogens with zero attached hydrogens (tertiary/aromatic N) is 2. The lowest BCUT2D eigenvalue weighted by Gasteiger charge is -1.98. The minimum absolute atomic E-state index is 0.0687. The summed E-state index contributed by atoms with van der Waals surface area (Å²) < 4.78 is 11.4. The van der Waals surface area contributed by atoms with Gasteiger partial charge in [-0.3, -0.25) is 18.7 Å². The molecule has 9 heteroatoms. The highest BCUT2D eigenvalue weighted by molar-refractivity contribution is 8.24. The monoisotopic (exact) mass is 329 g/mol. The molecule has 5 nitrogen and oxygen atoms in total. The Balaban J connectivity index is 0.000000280. The molecule has 0 unspecified atom stereocenters. The fourth-order valence-corrected chi connectivity index (χ4v) is 1.35. The van der Waals surface area contributed by atoms with Crippen molar-refractivity contribution in [1.29, 1.82) is 0 Å². The Morgan fingerprint density at radius 1 is 1.44 bits per heavy atom. The highest BCUT2D eigenvalue weighted by Crippen LogP contribution is 2.61. The van der Waals surface area contributed by atoms with Gasteiger partial charge in [-0.15, -0.1) is 0 Å². The molecule has 2 rings (SSSR count). The van der Waals surface area contributed by atoms with Crippen molar-refractivity contribution in [2.45, 2.75) is 20.3 Å². The molecule has 0 aliphatic rings. The molecule has 18 heavy (non-hydrogen) atoms. The van der Waals surface area contributed by atoms with Gasteiger partial charge in [-0.2, -0.15) is 0 Å². The summed E-state index contributed by atoms with van der Waals surface area (Å²) in [5.74, 6) is 0.618. The first-order valence-electron chi connectivity index (χ1n) is 4.97. The van der Waals surface area contributed by atoms with E-state index in [4.69, 9.17) is 0 Å². The molecule has 0 aromatic carbocycles. The predicted octanol–water partition coefficient (Wildman–Crippen LogP) is 3.70. The highest BCUT2D eigenvalue weighted by atomic mass is 36.0. The Kier molecular flexibility index (Phi) is 5.29. The van der Waals surface area contributed by atoms with Gasteiger partial charge in [0.05, 0.1) is 6.20 Å². The summed E-state index contributed by atoms with van der Waals surface area (Å²) in [4.78, 5) is 18.0. The van der Waals surface area contributed by atoms with Crippen LogP contribution in [0.4, 0.5) is 0 Å². The van der Waals surface area contributed by atoms with Crippen LogP contribution in [0.1, 0.15) is 18.2 Å². The summed E-state index contributed by atoms with van der Waals surface area (Å²) in [6.07, 6.45) is 4.51. The van der Waals surface area contributed by atoms with Gasteiger partial charge in [-0.25, -0.2) is 4.98 Å². The van der Waals surface area contributed by atoms with E-state index in [2.05, 4.69) is 50.6 Å². The summed E-state index contributed by atoms with van der Waals surface area (Å²) >= 11 is 13.8. The molecule has 0 aliphatic heterocycles. The van der Waals surface area contributed by atoms with Crippen molar-refractivity contribution in [1.82, 2.24) is 14.4 Å². The Morgan fingerprint density at radius 2 is 2.00 bits per heavy atom. The number of aryl methyl sites for hydroxylation is 2. The first kappa shape index (κ1) is 15.6. The zero-order valence-corrected chi connectivity index (χ0v) is 12.8. The van der Waals surface area contributed by atoms with E-state index in [9.17, 15) is 9.36 Å². The number of nitrogens with one attached hydrogen (secondary N) is 1. The van der Waals surface area contributed by atoms with Crippen LogP contribution < -0.4 is 5.56 Å². The largest absolute Gasteiger partial charge is 0.339 e. The van der Waals surface area contributed by atoms with E-state index in [1.807, 2.05) is 10.6 Å². The molecule has 0 saturated heterocycles. The zero-order chi connectivity index (χ0) is 13.9. The van der Waals surface area contributed by atoms with Crippen molar-refractivity contribution in [2.24, 2.45) is 0 Å². The number of H-pyrrole nitrogens is 1. The second-order valence-electron chi connectivity index (χ2n) is 3.46. The lowest BCUT2D eigenvalue weighted by molar-refractivity contribution is 0.600. The van der Waals surface area contributed by atoms with Gasteiger partial charge in [0.15, 0.2) is 0 Å². The number of hydrogen-bond acceptors (Lipinski definition) is 3. The van der Waals surface area contributed by atoms with Crippen molar-refractivity contribution < 1.29 is 4.57 Å². The van der Waals surface area contributed by atoms with Gasteiger partial charge in [0.2, 0.25) is 5.78 Å². The third-order valence-corrected chi connectivity index (χ3v) is 2.14. The van der Waals surface area contributed by atoms with E-state index in [1.165, 1.54) is 0 Å². The van der Waals surface area contributed by atoms with Crippen LogP contribution in [0, 0.1) is 6.92 Å². The fraction of sp³-hybridized carbons (Fsp3) is 0.333. The Bertz CT molecular complexity index is 638. The maximum absolute atomic E-state index is 11.2. The first-order valence-corrected chi connectivity index (χ1v) is 9.39. The lowest BCUT2D eigenvalue weighted by atomic mass is 10.3. The van der Waals surface area contributed by atoms with E-state index in [0.29, 0.717) is 11.3 Å². The van der Waals surface area contributed by atoms with E-state index < -0.39 is 5.20 Å². The van der Waals surface area contributed by atoms with Crippen molar-refractivity contribution >= 4 is 44.7 Å². The van der Waals surface area contributed by atoms with Gasteiger partial charge < -0.3 is 0 Å². The number of fused-ring (bicyclic) bond motifs is 1. The van der Waals surface area contributed by atoms with Crippen LogP contribution in [0.2, 0.25) is 0 Å². The first-order chi connectivity index (χ1) is 8.22. The van der Waals surface area contributed by atoms with Crippen LogP contribution in [-0.4, -0.2) is 14.4 Å². The van der Waals surface area contributed by atoms with Crippen molar-refractivity contribution in [2.75, 3.05) is 0 Å². The molecule has 0 saturated carbocycles. The standard InChI is InChI=1S/C9H11N3O.Cl3OP/c1-3-7-4-10-9-11-8(13)6(2)5-12(7)9;1-5(2,3)4/h4-5H,3H2,1-2H3,(H,10,11,13);. The fourth-order valence-electron chi connectivity index (χ4n) is 1.35. The van der Waals surface area contributed by atoms with Crippen LogP contribution in [0.25, 0.3) is 5.78 Å². The molecule has 2 aromatic rings. The number of aromatic amines is 1. The van der Waals surface area contributed by atoms with Gasteiger partial charge in [0.25, 0.3) is 5.56 Å². The number of rotatable bonds is 1. The Morgan fingerprint density at radius 3 is 2.50 bits per heavy atom. The van der Waals surface area contributed by atoms with Gasteiger partial charge in [-0.05, 0) is 47.1 Å². The summed E-state index contributed by atoms with van der Waals surface area (Å²) in [5.41, 5.74) is 1.75. The van der Waals surface area contributed by atoms with E-state index in [1.54, 1.807) is 13.1 Å². The highest BCUT2D eigenvalue weighted by Gasteiger charge is 2.03. The average Bonchev–Trinajstić information content (AvgIpc) is 2.58. The number of aromatic nitrogens is 3. The predicted molar refractivity (Wildman–Crippen MR) is 75.1 cm³/mol. The molecule has 0 bridgehead atoms. The van der Waals surface area contributed by atoms with Crippen LogP contribution in [0.3, 0.4) is 0 Å². The average molecular weight is 331 g/mol. The van der Waals surface area contributed by atoms with Crippen LogP contribution in [0.15, 0.2) is 17.2 Å². The number of imidazole rings is 1. The lowest BCUT2D eigenvalue weighted by Crippen LogP contribution is -2.12. The number of halogens is 3. The molecule has 0 spiro atoms. The molecule has 100 valence electrons. The zero-order valence-electron chi connectivity index (χ0n) is 9.65. The van der Waals surface area contributed by atoms with Crippen molar-refractivity contribution in [3.05, 3.63) is 34.0 Å². The summed E-state index contributed by atoms with van der Waals surface area (Å²) in [6.45, 7) is 3.85. The van der Waals surface area contributed by atoms with Crippen molar-refractivity contribution in [3.8, 4) is 0 Å². The van der Waals surface area contributed by atoms with Crippen LogP contribution in [-0.2, 0) is 11.0 Å². The number of hydrogen-bond donors (Lipinski definition) is 1. The van der Waals surface area contributed by atoms with Crippen LogP contribution in [0.5, 0.6) is 0 Å². The van der Waals surface area contributed by atoms with Crippen LogP contribution >= 0.6 is 38.9 Å². The summed E-state index contributed by atoms with van der Waals surface area (Å²) in [6, 6.07) is 0. The van der Waals surface area contributed by atoms with E-state index >= 15 is 0 Å². The topological polar surface area (TPSA) is 67.2 Å². The molecule has 2 aromatic heterocycles. The molecule has 1 N–H and O–H groups in total. The van der Waals surface area contributed by atoms with Gasteiger partial charge >= 0.3 is 5.20 Å². The molecule has 0 radical (unpaired) electrons.